The van der Waals surface area contributed by atoms with Crippen molar-refractivity contribution < 1.29 is 42.5 Å². The van der Waals surface area contributed by atoms with Gasteiger partial charge in [0.05, 0.1) is 4.90 Å². The zero-order valence-electron chi connectivity index (χ0n) is 15.7. The Morgan fingerprint density at radius 2 is 1.42 bits per heavy atom. The minimum atomic E-state index is -4.49. The van der Waals surface area contributed by atoms with E-state index in [-0.39, 0.29) is 40.4 Å². The third-order valence-electron chi connectivity index (χ3n) is 4.33. The van der Waals surface area contributed by atoms with Crippen LogP contribution in [0.5, 0.6) is 0 Å². The third-order valence-corrected chi connectivity index (χ3v) is 5.22. The molecule has 0 amide bonds. The zero-order valence-corrected chi connectivity index (χ0v) is 18.5. The Morgan fingerprint density at radius 3 is 1.83 bits per heavy atom. The second-order valence-corrected chi connectivity index (χ2v) is 8.45. The fraction of sp³-hybridized carbons (Fsp3) is 0.474. The standard InChI is InChI=1S/C19H26O3S.Na/c1-11(2)14-9-16(12(3)4)15-7-8-18(23(20,21)22)19(13(5)6)17(15)10-14;/h7-13H,1-6H3,(H,20,21,22);/q;+1/p-1. The monoisotopic (exact) mass is 356 g/mol. The van der Waals surface area contributed by atoms with E-state index in [2.05, 4.69) is 39.8 Å². The van der Waals surface area contributed by atoms with Crippen LogP contribution in [0, 0.1) is 0 Å². The van der Waals surface area contributed by atoms with Gasteiger partial charge in [0.1, 0.15) is 10.1 Å². The molecule has 2 rings (SSSR count). The summed E-state index contributed by atoms with van der Waals surface area (Å²) in [6.07, 6.45) is 0. The van der Waals surface area contributed by atoms with Crippen LogP contribution in [-0.2, 0) is 10.1 Å². The molecular weight excluding hydrogens is 331 g/mol. The summed E-state index contributed by atoms with van der Waals surface area (Å²) in [7, 11) is -4.49. The van der Waals surface area contributed by atoms with Gasteiger partial charge in [0.25, 0.3) is 0 Å². The largest absolute Gasteiger partial charge is 1.00 e. The van der Waals surface area contributed by atoms with E-state index in [0.29, 0.717) is 17.4 Å². The molecule has 0 heterocycles. The van der Waals surface area contributed by atoms with Gasteiger partial charge in [-0.3, -0.25) is 0 Å². The first-order valence-electron chi connectivity index (χ1n) is 8.10. The summed E-state index contributed by atoms with van der Waals surface area (Å²) in [4.78, 5) is -0.0874. The molecule has 0 unspecified atom stereocenters. The summed E-state index contributed by atoms with van der Waals surface area (Å²) in [6, 6.07) is 7.51. The number of benzene rings is 2. The number of fused-ring (bicyclic) bond motifs is 1. The molecule has 0 aliphatic carbocycles. The van der Waals surface area contributed by atoms with Crippen LogP contribution in [0.3, 0.4) is 0 Å². The van der Waals surface area contributed by atoms with Crippen LogP contribution in [0.1, 0.15) is 76.0 Å². The van der Waals surface area contributed by atoms with Gasteiger partial charge in [-0.1, -0.05) is 59.7 Å². The maximum absolute atomic E-state index is 11.7. The van der Waals surface area contributed by atoms with Crippen molar-refractivity contribution >= 4 is 20.9 Å². The Kier molecular flexibility index (Phi) is 7.11. The van der Waals surface area contributed by atoms with E-state index in [1.165, 1.54) is 17.2 Å². The number of hydrogen-bond acceptors (Lipinski definition) is 3. The van der Waals surface area contributed by atoms with Gasteiger partial charge >= 0.3 is 29.6 Å². The van der Waals surface area contributed by atoms with Crippen LogP contribution in [0.2, 0.25) is 0 Å². The SMILES string of the molecule is CC(C)c1cc(C(C)C)c2ccc(S(=O)(=O)[O-])c(C(C)C)c2c1.[Na+]. The average molecular weight is 356 g/mol. The first kappa shape index (κ1) is 21.7. The molecule has 2 aromatic rings. The molecule has 24 heavy (non-hydrogen) atoms. The van der Waals surface area contributed by atoms with Crippen molar-refractivity contribution in [2.75, 3.05) is 0 Å². The summed E-state index contributed by atoms with van der Waals surface area (Å²) in [5.41, 5.74) is 3.01. The molecule has 126 valence electrons. The first-order valence-corrected chi connectivity index (χ1v) is 9.51. The van der Waals surface area contributed by atoms with Crippen molar-refractivity contribution in [3.8, 4) is 0 Å². The fourth-order valence-electron chi connectivity index (χ4n) is 3.11. The van der Waals surface area contributed by atoms with Crippen molar-refractivity contribution in [1.29, 1.82) is 0 Å². The van der Waals surface area contributed by atoms with Gasteiger partial charge in [-0.25, -0.2) is 8.42 Å². The van der Waals surface area contributed by atoms with E-state index in [4.69, 9.17) is 0 Å². The van der Waals surface area contributed by atoms with Gasteiger partial charge in [0.2, 0.25) is 0 Å². The molecule has 2 aromatic carbocycles. The maximum atomic E-state index is 11.7. The van der Waals surface area contributed by atoms with Gasteiger partial charge in [-0.2, -0.15) is 0 Å². The first-order chi connectivity index (χ1) is 10.5. The topological polar surface area (TPSA) is 57.2 Å². The minimum absolute atomic E-state index is 0. The summed E-state index contributed by atoms with van der Waals surface area (Å²) >= 11 is 0. The van der Waals surface area contributed by atoms with E-state index >= 15 is 0 Å². The molecule has 0 spiro atoms. The number of rotatable bonds is 4. The Morgan fingerprint density at radius 1 is 0.833 bits per heavy atom. The second kappa shape index (κ2) is 7.88. The molecule has 0 bridgehead atoms. The van der Waals surface area contributed by atoms with Gasteiger partial charge in [-0.05, 0) is 51.3 Å². The van der Waals surface area contributed by atoms with Crippen LogP contribution in [0.4, 0.5) is 0 Å². The molecule has 0 aliphatic heterocycles. The van der Waals surface area contributed by atoms with Gasteiger partial charge in [-0.15, -0.1) is 0 Å². The van der Waals surface area contributed by atoms with Crippen molar-refractivity contribution in [3.63, 3.8) is 0 Å². The van der Waals surface area contributed by atoms with E-state index in [0.717, 1.165) is 10.8 Å². The molecular formula is C19H25NaO3S. The van der Waals surface area contributed by atoms with E-state index in [1.54, 1.807) is 6.07 Å². The molecule has 0 N–H and O–H groups in total. The second-order valence-electron chi connectivity index (χ2n) is 7.10. The average Bonchev–Trinajstić information content (AvgIpc) is 2.42. The van der Waals surface area contributed by atoms with Crippen LogP contribution >= 0.6 is 0 Å². The summed E-state index contributed by atoms with van der Waals surface area (Å²) in [5, 5.41) is 1.94. The van der Waals surface area contributed by atoms with Crippen LogP contribution in [-0.4, -0.2) is 13.0 Å². The van der Waals surface area contributed by atoms with E-state index < -0.39 is 10.1 Å². The Bertz CT molecular complexity index is 837. The molecule has 0 saturated heterocycles. The molecule has 0 saturated carbocycles. The zero-order chi connectivity index (χ0) is 17.5. The van der Waals surface area contributed by atoms with Crippen molar-refractivity contribution in [3.05, 3.63) is 41.0 Å². The predicted octanol–water partition coefficient (Wildman–Crippen LogP) is 2.12. The predicted molar refractivity (Wildman–Crippen MR) is 94.2 cm³/mol. The van der Waals surface area contributed by atoms with Gasteiger partial charge in [0.15, 0.2) is 0 Å². The Balaban J connectivity index is 0.00000288. The van der Waals surface area contributed by atoms with Gasteiger partial charge in [0, 0.05) is 0 Å². The molecule has 0 aromatic heterocycles. The van der Waals surface area contributed by atoms with Crippen LogP contribution < -0.4 is 29.6 Å². The fourth-order valence-corrected chi connectivity index (χ4v) is 3.96. The van der Waals surface area contributed by atoms with Crippen molar-refractivity contribution in [1.82, 2.24) is 0 Å². The quantitative estimate of drug-likeness (QED) is 0.623. The van der Waals surface area contributed by atoms with Gasteiger partial charge < -0.3 is 4.55 Å². The minimum Gasteiger partial charge on any atom is -0.744 e. The van der Waals surface area contributed by atoms with Crippen molar-refractivity contribution in [2.45, 2.75) is 64.2 Å². The summed E-state index contributed by atoms with van der Waals surface area (Å²) in [5.74, 6) is 0.621. The molecule has 0 aliphatic rings. The molecule has 5 heteroatoms. The Hall–Kier alpha value is -0.390. The number of hydrogen-bond donors (Lipinski definition) is 0. The summed E-state index contributed by atoms with van der Waals surface area (Å²) in [6.45, 7) is 12.4. The molecule has 3 nitrogen and oxygen atoms in total. The normalized spacial score (nSPS) is 12.2. The molecule has 0 fully saturated rings. The third kappa shape index (κ3) is 4.23. The summed E-state index contributed by atoms with van der Waals surface area (Å²) < 4.78 is 35.1. The molecule has 0 atom stereocenters. The smallest absolute Gasteiger partial charge is 0.744 e. The van der Waals surface area contributed by atoms with Crippen LogP contribution in [0.15, 0.2) is 29.2 Å². The maximum Gasteiger partial charge on any atom is 1.00 e. The Labute approximate surface area is 167 Å². The van der Waals surface area contributed by atoms with Crippen LogP contribution in [0.25, 0.3) is 10.8 Å². The van der Waals surface area contributed by atoms with E-state index in [9.17, 15) is 13.0 Å². The van der Waals surface area contributed by atoms with E-state index in [1.807, 2.05) is 13.8 Å². The van der Waals surface area contributed by atoms with Crippen molar-refractivity contribution in [2.24, 2.45) is 0 Å². The molecule has 0 radical (unpaired) electrons.